The Labute approximate surface area is 401 Å². The molecule has 0 unspecified atom stereocenters. The van der Waals surface area contributed by atoms with Crippen LogP contribution in [0, 0.1) is 0 Å². The first kappa shape index (κ1) is 40.1. The number of furan rings is 1. The van der Waals surface area contributed by atoms with E-state index in [1.165, 1.54) is 44.1 Å². The summed E-state index contributed by atoms with van der Waals surface area (Å²) in [6, 6.07) is 96.0. The number of hydrogen-bond donors (Lipinski definition) is 0. The molecule has 69 heavy (non-hydrogen) atoms. The fourth-order valence-corrected chi connectivity index (χ4v) is 10.4. The number of nitrogens with zero attached hydrogens (tertiary/aromatic N) is 2. The van der Waals surface area contributed by atoms with E-state index in [-0.39, 0.29) is 0 Å². The Hall–Kier alpha value is -9.18. The van der Waals surface area contributed by atoms with Gasteiger partial charge in [0.05, 0.1) is 16.7 Å². The highest BCUT2D eigenvalue weighted by atomic mass is 16.3. The number of benzene rings is 11. The smallest absolute Gasteiger partial charge is 0.143 e. The van der Waals surface area contributed by atoms with Crippen LogP contribution in [0.15, 0.2) is 271 Å². The molecule has 2 heterocycles. The van der Waals surface area contributed by atoms with Gasteiger partial charge in [-0.2, -0.15) is 0 Å². The normalized spacial score (nSPS) is 11.5. The fraction of sp³-hybridized carbons (Fsp3) is 0. The van der Waals surface area contributed by atoms with Gasteiger partial charge in [0.2, 0.25) is 0 Å². The molecule has 13 rings (SSSR count). The van der Waals surface area contributed by atoms with Gasteiger partial charge >= 0.3 is 0 Å². The molecule has 0 amide bonds. The minimum atomic E-state index is 0.897. The van der Waals surface area contributed by atoms with Gasteiger partial charge in [-0.25, -0.2) is 0 Å². The Kier molecular flexibility index (Phi) is 9.84. The first-order valence-electron chi connectivity index (χ1n) is 23.6. The van der Waals surface area contributed by atoms with Crippen molar-refractivity contribution < 1.29 is 4.42 Å². The summed E-state index contributed by atoms with van der Waals surface area (Å²) in [4.78, 5) is 2.40. The van der Waals surface area contributed by atoms with Gasteiger partial charge in [0.25, 0.3) is 0 Å². The molecular formula is C66H44N2O. The second-order valence-corrected chi connectivity index (χ2v) is 17.6. The third-order valence-electron chi connectivity index (χ3n) is 13.7. The minimum absolute atomic E-state index is 0.897. The highest BCUT2D eigenvalue weighted by molar-refractivity contribution is 6.10. The molecule has 0 radical (unpaired) electrons. The number of aromatic nitrogens is 1. The van der Waals surface area contributed by atoms with E-state index in [9.17, 15) is 0 Å². The van der Waals surface area contributed by atoms with E-state index in [0.29, 0.717) is 0 Å². The Bertz CT molecular complexity index is 3940. The zero-order chi connectivity index (χ0) is 45.7. The topological polar surface area (TPSA) is 21.3 Å². The van der Waals surface area contributed by atoms with Crippen molar-refractivity contribution in [3.8, 4) is 61.3 Å². The van der Waals surface area contributed by atoms with E-state index in [2.05, 4.69) is 264 Å². The molecule has 0 aliphatic carbocycles. The molecule has 0 bridgehead atoms. The Morgan fingerprint density at radius 2 is 0.710 bits per heavy atom. The number of para-hydroxylation sites is 5. The largest absolute Gasteiger partial charge is 0.455 e. The van der Waals surface area contributed by atoms with Crippen molar-refractivity contribution in [3.05, 3.63) is 267 Å². The lowest BCUT2D eigenvalue weighted by Gasteiger charge is -2.29. The van der Waals surface area contributed by atoms with Gasteiger partial charge in [-0.15, -0.1) is 0 Å². The van der Waals surface area contributed by atoms with E-state index in [4.69, 9.17) is 4.42 Å². The van der Waals surface area contributed by atoms with E-state index in [1.807, 2.05) is 12.1 Å². The maximum absolute atomic E-state index is 6.50. The van der Waals surface area contributed by atoms with Crippen LogP contribution < -0.4 is 4.90 Å². The molecule has 0 spiro atoms. The predicted molar refractivity (Wildman–Crippen MR) is 290 cm³/mol. The van der Waals surface area contributed by atoms with Crippen molar-refractivity contribution in [1.82, 2.24) is 4.57 Å². The van der Waals surface area contributed by atoms with E-state index in [0.717, 1.165) is 78.1 Å². The number of rotatable bonds is 9. The van der Waals surface area contributed by atoms with Crippen LogP contribution in [0.25, 0.3) is 105 Å². The zero-order valence-electron chi connectivity index (χ0n) is 37.7. The highest BCUT2D eigenvalue weighted by Gasteiger charge is 2.21. The maximum atomic E-state index is 6.50. The fourth-order valence-electron chi connectivity index (χ4n) is 10.4. The Morgan fingerprint density at radius 1 is 0.275 bits per heavy atom. The molecule has 3 heteroatoms. The standard InChI is InChI=1S/C66H44N2O/c1-2-17-47(18-3-1)52-19-4-5-20-54(52)55-21-6-7-22-56(55)57-23-8-12-29-62(57)67(50-43-37-48(38-44-50)53-27-16-28-61-60-26-11-15-32-65(60)69-66(53)61)49-39-33-45(34-40-49)46-35-41-51(42-36-46)68-63-30-13-9-24-58(63)59-25-10-14-31-64(59)68/h1-44H. The first-order chi connectivity index (χ1) is 34.2. The van der Waals surface area contributed by atoms with Gasteiger partial charge in [-0.05, 0) is 105 Å². The summed E-state index contributed by atoms with van der Waals surface area (Å²) in [6.45, 7) is 0. The van der Waals surface area contributed by atoms with Crippen LogP contribution in [0.3, 0.4) is 0 Å². The molecule has 13 aromatic rings. The average molecular weight is 881 g/mol. The van der Waals surface area contributed by atoms with Crippen LogP contribution >= 0.6 is 0 Å². The molecule has 0 aliphatic heterocycles. The highest BCUT2D eigenvalue weighted by Crippen LogP contribution is 2.46. The second-order valence-electron chi connectivity index (χ2n) is 17.6. The number of anilines is 3. The van der Waals surface area contributed by atoms with Crippen LogP contribution in [0.2, 0.25) is 0 Å². The summed E-state index contributed by atoms with van der Waals surface area (Å²) in [7, 11) is 0. The lowest BCUT2D eigenvalue weighted by Crippen LogP contribution is -2.11. The minimum Gasteiger partial charge on any atom is -0.455 e. The van der Waals surface area contributed by atoms with E-state index in [1.54, 1.807) is 0 Å². The summed E-state index contributed by atoms with van der Waals surface area (Å²) >= 11 is 0. The molecule has 0 saturated carbocycles. The zero-order valence-corrected chi connectivity index (χ0v) is 37.7. The molecule has 0 aliphatic rings. The molecule has 0 fully saturated rings. The van der Waals surface area contributed by atoms with E-state index >= 15 is 0 Å². The summed E-state index contributed by atoms with van der Waals surface area (Å²) in [5, 5.41) is 4.77. The monoisotopic (exact) mass is 880 g/mol. The van der Waals surface area contributed by atoms with Crippen LogP contribution in [0.4, 0.5) is 17.1 Å². The van der Waals surface area contributed by atoms with Gasteiger partial charge < -0.3 is 13.9 Å². The molecule has 3 nitrogen and oxygen atoms in total. The predicted octanol–water partition coefficient (Wildman–Crippen LogP) is 18.5. The molecule has 0 saturated heterocycles. The number of fused-ring (bicyclic) bond motifs is 6. The molecule has 0 atom stereocenters. The van der Waals surface area contributed by atoms with Crippen molar-refractivity contribution in [3.63, 3.8) is 0 Å². The summed E-state index contributed by atoms with van der Waals surface area (Å²) < 4.78 is 8.87. The summed E-state index contributed by atoms with van der Waals surface area (Å²) in [5.74, 6) is 0. The number of hydrogen-bond acceptors (Lipinski definition) is 2. The van der Waals surface area contributed by atoms with Gasteiger partial charge in [-0.3, -0.25) is 0 Å². The van der Waals surface area contributed by atoms with Crippen LogP contribution in [0.1, 0.15) is 0 Å². The third kappa shape index (κ3) is 6.99. The van der Waals surface area contributed by atoms with Crippen molar-refractivity contribution in [2.45, 2.75) is 0 Å². The van der Waals surface area contributed by atoms with Crippen molar-refractivity contribution in [2.24, 2.45) is 0 Å². The molecule has 324 valence electrons. The maximum Gasteiger partial charge on any atom is 0.143 e. The van der Waals surface area contributed by atoms with Gasteiger partial charge in [0.1, 0.15) is 11.2 Å². The van der Waals surface area contributed by atoms with Crippen LogP contribution in [-0.4, -0.2) is 4.57 Å². The lowest BCUT2D eigenvalue weighted by molar-refractivity contribution is 0.670. The van der Waals surface area contributed by atoms with E-state index < -0.39 is 0 Å². The van der Waals surface area contributed by atoms with Gasteiger partial charge in [0, 0.05) is 49.7 Å². The van der Waals surface area contributed by atoms with Crippen LogP contribution in [0.5, 0.6) is 0 Å². The molecule has 11 aromatic carbocycles. The molecule has 2 aromatic heterocycles. The quantitative estimate of drug-likeness (QED) is 0.144. The van der Waals surface area contributed by atoms with Gasteiger partial charge in [-0.1, -0.05) is 206 Å². The molecule has 0 N–H and O–H groups in total. The second kappa shape index (κ2) is 16.9. The van der Waals surface area contributed by atoms with Crippen molar-refractivity contribution in [2.75, 3.05) is 4.90 Å². The summed E-state index contributed by atoms with van der Waals surface area (Å²) in [5.41, 5.74) is 20.1. The first-order valence-corrected chi connectivity index (χ1v) is 23.6. The van der Waals surface area contributed by atoms with Crippen LogP contribution in [-0.2, 0) is 0 Å². The van der Waals surface area contributed by atoms with Crippen molar-refractivity contribution >= 4 is 60.8 Å². The Morgan fingerprint density at radius 3 is 1.36 bits per heavy atom. The Balaban J connectivity index is 0.921. The third-order valence-corrected chi connectivity index (χ3v) is 13.7. The van der Waals surface area contributed by atoms with Crippen molar-refractivity contribution in [1.29, 1.82) is 0 Å². The molecular weight excluding hydrogens is 837 g/mol. The lowest BCUT2D eigenvalue weighted by atomic mass is 9.88. The average Bonchev–Trinajstić information content (AvgIpc) is 3.98. The summed E-state index contributed by atoms with van der Waals surface area (Å²) in [6.07, 6.45) is 0. The van der Waals surface area contributed by atoms with Gasteiger partial charge in [0.15, 0.2) is 0 Å². The SMILES string of the molecule is c1ccc(-c2ccccc2-c2ccccc2-c2ccccc2N(c2ccc(-c3ccc(-n4c5ccccc5c5ccccc54)cc3)cc2)c2ccc(-c3cccc4c3oc3ccccc34)cc2)cc1.